The first kappa shape index (κ1) is 22.0. The molecular weight excluding hydrogens is 464 g/mol. The topological polar surface area (TPSA) is 60.4 Å². The van der Waals surface area contributed by atoms with Crippen molar-refractivity contribution in [3.8, 4) is 5.75 Å². The van der Waals surface area contributed by atoms with Crippen LogP contribution in [0.25, 0.3) is 6.08 Å². The van der Waals surface area contributed by atoms with Gasteiger partial charge >= 0.3 is 10.1 Å². The predicted octanol–water partition coefficient (Wildman–Crippen LogP) is 6.24. The van der Waals surface area contributed by atoms with Gasteiger partial charge in [-0.15, -0.1) is 0 Å². The van der Waals surface area contributed by atoms with Gasteiger partial charge in [-0.3, -0.25) is 4.79 Å². The quantitative estimate of drug-likeness (QED) is 0.226. The summed E-state index contributed by atoms with van der Waals surface area (Å²) in [4.78, 5) is 12.4. The van der Waals surface area contributed by atoms with Gasteiger partial charge in [0, 0.05) is 10.0 Å². The van der Waals surface area contributed by atoms with E-state index in [2.05, 4.69) is 29.8 Å². The Morgan fingerprint density at radius 2 is 1.50 bits per heavy atom. The Bertz CT molecular complexity index is 1150. The van der Waals surface area contributed by atoms with Crippen LogP contribution in [0.5, 0.6) is 5.75 Å². The minimum absolute atomic E-state index is 0.0530. The second-order valence-corrected chi connectivity index (χ2v) is 9.50. The van der Waals surface area contributed by atoms with E-state index in [9.17, 15) is 13.2 Å². The molecule has 0 aliphatic rings. The van der Waals surface area contributed by atoms with Crippen molar-refractivity contribution in [1.82, 2.24) is 0 Å². The molecule has 0 heterocycles. The van der Waals surface area contributed by atoms with E-state index in [0.717, 1.165) is 10.0 Å². The summed E-state index contributed by atoms with van der Waals surface area (Å²) in [5, 5.41) is 0. The largest absolute Gasteiger partial charge is 0.379 e. The highest BCUT2D eigenvalue weighted by Crippen LogP contribution is 2.21. The van der Waals surface area contributed by atoms with Crippen molar-refractivity contribution in [2.45, 2.75) is 24.7 Å². The number of carbonyl (C=O) groups is 1. The van der Waals surface area contributed by atoms with E-state index in [1.165, 1.54) is 35.9 Å². The van der Waals surface area contributed by atoms with Crippen molar-refractivity contribution in [2.24, 2.45) is 0 Å². The van der Waals surface area contributed by atoms with E-state index in [0.29, 0.717) is 11.5 Å². The van der Waals surface area contributed by atoms with Gasteiger partial charge in [0.15, 0.2) is 5.78 Å². The van der Waals surface area contributed by atoms with Crippen molar-refractivity contribution in [1.29, 1.82) is 0 Å². The van der Waals surface area contributed by atoms with E-state index >= 15 is 0 Å². The van der Waals surface area contributed by atoms with Crippen LogP contribution in [0, 0.1) is 0 Å². The smallest absolute Gasteiger partial charge is 0.339 e. The molecule has 3 aromatic carbocycles. The summed E-state index contributed by atoms with van der Waals surface area (Å²) in [6.45, 7) is 4.26. The van der Waals surface area contributed by atoms with Gasteiger partial charge in [-0.1, -0.05) is 60.1 Å². The molecule has 4 nitrogen and oxygen atoms in total. The maximum Gasteiger partial charge on any atom is 0.339 e. The van der Waals surface area contributed by atoms with Crippen LogP contribution in [-0.2, 0) is 10.1 Å². The molecule has 0 aromatic heterocycles. The van der Waals surface area contributed by atoms with Crippen molar-refractivity contribution in [2.75, 3.05) is 0 Å². The van der Waals surface area contributed by atoms with Crippen LogP contribution in [0.15, 0.2) is 88.2 Å². The number of rotatable bonds is 7. The molecule has 0 spiro atoms. The molecule has 0 saturated heterocycles. The number of benzene rings is 3. The zero-order valence-electron chi connectivity index (χ0n) is 16.6. The summed E-state index contributed by atoms with van der Waals surface area (Å²) < 4.78 is 30.6. The first-order valence-corrected chi connectivity index (χ1v) is 11.6. The third-order valence-electron chi connectivity index (χ3n) is 4.48. The Balaban J connectivity index is 1.67. The Morgan fingerprint density at radius 3 is 2.07 bits per heavy atom. The molecule has 3 rings (SSSR count). The number of hydrogen-bond acceptors (Lipinski definition) is 4. The fourth-order valence-corrected chi connectivity index (χ4v) is 3.91. The molecule has 0 bridgehead atoms. The Hall–Kier alpha value is -2.70. The van der Waals surface area contributed by atoms with Crippen molar-refractivity contribution in [3.05, 3.63) is 100 Å². The average Bonchev–Trinajstić information content (AvgIpc) is 2.73. The van der Waals surface area contributed by atoms with Crippen LogP contribution < -0.4 is 4.18 Å². The number of hydrogen-bond donors (Lipinski definition) is 0. The lowest BCUT2D eigenvalue weighted by Gasteiger charge is -2.07. The summed E-state index contributed by atoms with van der Waals surface area (Å²) >= 11 is 3.26. The monoisotopic (exact) mass is 484 g/mol. The predicted molar refractivity (Wildman–Crippen MR) is 122 cm³/mol. The van der Waals surface area contributed by atoms with Gasteiger partial charge in [0.2, 0.25) is 0 Å². The fraction of sp³-hybridized carbons (Fsp3) is 0.125. The van der Waals surface area contributed by atoms with Gasteiger partial charge in [0.1, 0.15) is 10.6 Å². The Labute approximate surface area is 185 Å². The molecule has 0 N–H and O–H groups in total. The number of carbonyl (C=O) groups excluding carboxylic acids is 1. The van der Waals surface area contributed by atoms with Gasteiger partial charge < -0.3 is 4.18 Å². The molecule has 0 amide bonds. The first-order chi connectivity index (χ1) is 14.2. The lowest BCUT2D eigenvalue weighted by atomic mass is 10.0. The maximum atomic E-state index is 12.4. The molecule has 0 aliphatic carbocycles. The summed E-state index contributed by atoms with van der Waals surface area (Å²) in [5.74, 6) is 0.422. The number of allylic oxidation sites excluding steroid dienone is 1. The molecule has 154 valence electrons. The van der Waals surface area contributed by atoms with Crippen LogP contribution in [-0.4, -0.2) is 14.2 Å². The summed E-state index contributed by atoms with van der Waals surface area (Å²) in [6.07, 6.45) is 3.26. The van der Waals surface area contributed by atoms with Crippen molar-refractivity contribution < 1.29 is 17.4 Å². The van der Waals surface area contributed by atoms with Gasteiger partial charge in [0.05, 0.1) is 0 Å². The highest BCUT2D eigenvalue weighted by atomic mass is 79.9. The zero-order chi connectivity index (χ0) is 21.7. The normalized spacial score (nSPS) is 11.7. The SMILES string of the molecule is CC(C)c1ccc(C=CC(=O)c2ccc(OS(=O)(=O)c3ccc(Br)cc3)cc2)cc1. The van der Waals surface area contributed by atoms with Crippen LogP contribution in [0.2, 0.25) is 0 Å². The van der Waals surface area contributed by atoms with Gasteiger partial charge in [0.25, 0.3) is 0 Å². The molecule has 0 atom stereocenters. The second kappa shape index (κ2) is 9.41. The van der Waals surface area contributed by atoms with E-state index in [1.54, 1.807) is 30.3 Å². The standard InChI is InChI=1S/C24H21BrO4S/c1-17(2)19-6-3-18(4-7-19)5-16-24(26)20-8-12-22(13-9-20)29-30(27,28)23-14-10-21(25)11-15-23/h3-17H,1-2H3. The highest BCUT2D eigenvalue weighted by Gasteiger charge is 2.16. The molecule has 6 heteroatoms. The van der Waals surface area contributed by atoms with E-state index in [1.807, 2.05) is 24.3 Å². The van der Waals surface area contributed by atoms with Gasteiger partial charge in [-0.25, -0.2) is 0 Å². The molecular formula is C24H21BrO4S. The lowest BCUT2D eigenvalue weighted by molar-refractivity contribution is 0.104. The first-order valence-electron chi connectivity index (χ1n) is 9.37. The van der Waals surface area contributed by atoms with Crippen molar-refractivity contribution >= 4 is 37.9 Å². The van der Waals surface area contributed by atoms with Crippen LogP contribution >= 0.6 is 15.9 Å². The Kier molecular flexibility index (Phi) is 6.90. The molecule has 3 aromatic rings. The number of ketones is 1. The van der Waals surface area contributed by atoms with Crippen LogP contribution in [0.3, 0.4) is 0 Å². The van der Waals surface area contributed by atoms with E-state index in [4.69, 9.17) is 4.18 Å². The number of halogens is 1. The summed E-state index contributed by atoms with van der Waals surface area (Å²) in [6, 6.07) is 20.2. The summed E-state index contributed by atoms with van der Waals surface area (Å²) in [5.41, 5.74) is 2.62. The van der Waals surface area contributed by atoms with Crippen molar-refractivity contribution in [3.63, 3.8) is 0 Å². The third-order valence-corrected chi connectivity index (χ3v) is 6.27. The third kappa shape index (κ3) is 5.68. The Morgan fingerprint density at radius 1 is 0.900 bits per heavy atom. The zero-order valence-corrected chi connectivity index (χ0v) is 19.0. The molecule has 0 saturated carbocycles. The molecule has 30 heavy (non-hydrogen) atoms. The molecule has 0 aliphatic heterocycles. The lowest BCUT2D eigenvalue weighted by Crippen LogP contribution is -2.09. The van der Waals surface area contributed by atoms with E-state index in [-0.39, 0.29) is 16.4 Å². The van der Waals surface area contributed by atoms with Crippen LogP contribution in [0.4, 0.5) is 0 Å². The summed E-state index contributed by atoms with van der Waals surface area (Å²) in [7, 11) is -3.94. The minimum atomic E-state index is -3.94. The van der Waals surface area contributed by atoms with Gasteiger partial charge in [-0.05, 0) is 71.7 Å². The van der Waals surface area contributed by atoms with E-state index < -0.39 is 10.1 Å². The molecule has 0 unspecified atom stereocenters. The second-order valence-electron chi connectivity index (χ2n) is 7.03. The van der Waals surface area contributed by atoms with Gasteiger partial charge in [-0.2, -0.15) is 8.42 Å². The average molecular weight is 485 g/mol. The minimum Gasteiger partial charge on any atom is -0.379 e. The highest BCUT2D eigenvalue weighted by molar-refractivity contribution is 9.10. The molecule has 0 fully saturated rings. The maximum absolute atomic E-state index is 12.4. The fourth-order valence-electron chi connectivity index (χ4n) is 2.71. The van der Waals surface area contributed by atoms with Crippen LogP contribution in [0.1, 0.15) is 41.3 Å². The molecule has 0 radical (unpaired) electrons.